The van der Waals surface area contributed by atoms with Crippen LogP contribution in [0.1, 0.15) is 37.8 Å². The Balaban J connectivity index is 0.00000264. The number of alkyl halides is 3. The van der Waals surface area contributed by atoms with Crippen LogP contribution in [0.4, 0.5) is 13.2 Å². The van der Waals surface area contributed by atoms with Gasteiger partial charge < -0.3 is 10.1 Å². The smallest absolute Gasteiger partial charge is 0.406 e. The standard InChI is InChI=1S/C16H23F3N2O.2ClH/c1-2-3-7-15(21-10-8-20-9-11-21)13-5-4-6-14(12-13)22-16(17,18)19;;/h4-6,12,15,20H,2-3,7-11H2,1H3;2*1H/t15-;;/m0../s1. The number of nitrogens with one attached hydrogen (secondary N) is 1. The number of unbranched alkanes of at least 4 members (excludes halogenated alkanes) is 1. The number of benzene rings is 1. The fourth-order valence-corrected chi connectivity index (χ4v) is 2.87. The molecule has 0 radical (unpaired) electrons. The first-order chi connectivity index (χ1) is 10.5. The number of piperazine rings is 1. The molecular formula is C16H25Cl2F3N2O. The third-order valence-electron chi connectivity index (χ3n) is 3.90. The molecule has 1 heterocycles. The summed E-state index contributed by atoms with van der Waals surface area (Å²) < 4.78 is 41.2. The molecule has 0 aliphatic carbocycles. The van der Waals surface area contributed by atoms with Crippen molar-refractivity contribution in [1.29, 1.82) is 0 Å². The van der Waals surface area contributed by atoms with Gasteiger partial charge in [0.2, 0.25) is 0 Å². The topological polar surface area (TPSA) is 24.5 Å². The summed E-state index contributed by atoms with van der Waals surface area (Å²) in [5, 5.41) is 3.30. The molecule has 0 amide bonds. The molecule has 1 atom stereocenters. The number of halogens is 5. The van der Waals surface area contributed by atoms with Crippen molar-refractivity contribution in [3.05, 3.63) is 29.8 Å². The van der Waals surface area contributed by atoms with Gasteiger partial charge in [-0.1, -0.05) is 31.9 Å². The molecule has 1 fully saturated rings. The summed E-state index contributed by atoms with van der Waals surface area (Å²) in [4.78, 5) is 2.35. The molecule has 1 aliphatic heterocycles. The molecule has 24 heavy (non-hydrogen) atoms. The fraction of sp³-hybridized carbons (Fsp3) is 0.625. The molecule has 8 heteroatoms. The summed E-state index contributed by atoms with van der Waals surface area (Å²) in [7, 11) is 0. The summed E-state index contributed by atoms with van der Waals surface area (Å²) in [5.74, 6) is -0.137. The minimum absolute atomic E-state index is 0. The van der Waals surface area contributed by atoms with Crippen LogP contribution in [0.3, 0.4) is 0 Å². The van der Waals surface area contributed by atoms with Crippen LogP contribution in [-0.2, 0) is 0 Å². The molecule has 1 aromatic rings. The molecule has 0 spiro atoms. The van der Waals surface area contributed by atoms with Gasteiger partial charge in [-0.15, -0.1) is 38.0 Å². The zero-order valence-corrected chi connectivity index (χ0v) is 15.3. The summed E-state index contributed by atoms with van der Waals surface area (Å²) in [5.41, 5.74) is 0.900. The van der Waals surface area contributed by atoms with E-state index >= 15 is 0 Å². The van der Waals surface area contributed by atoms with Gasteiger partial charge in [0, 0.05) is 32.2 Å². The SMILES string of the molecule is CCCC[C@@H](c1cccc(OC(F)(F)F)c1)N1CCNCC1.Cl.Cl. The van der Waals surface area contributed by atoms with Crippen LogP contribution in [0.2, 0.25) is 0 Å². The van der Waals surface area contributed by atoms with Crippen LogP contribution >= 0.6 is 24.8 Å². The molecular weight excluding hydrogens is 364 g/mol. The van der Waals surface area contributed by atoms with Gasteiger partial charge in [-0.2, -0.15) is 0 Å². The van der Waals surface area contributed by atoms with Crippen LogP contribution in [0.5, 0.6) is 5.75 Å². The zero-order valence-electron chi connectivity index (χ0n) is 13.6. The van der Waals surface area contributed by atoms with E-state index in [9.17, 15) is 13.2 Å². The Labute approximate surface area is 153 Å². The lowest BCUT2D eigenvalue weighted by atomic mass is 9.98. The normalized spacial score (nSPS) is 16.7. The van der Waals surface area contributed by atoms with Crippen LogP contribution in [-0.4, -0.2) is 37.4 Å². The maximum atomic E-state index is 12.4. The Morgan fingerprint density at radius 2 is 1.88 bits per heavy atom. The number of ether oxygens (including phenoxy) is 1. The Kier molecular flexibility index (Phi) is 10.7. The Morgan fingerprint density at radius 3 is 2.46 bits per heavy atom. The van der Waals surface area contributed by atoms with Gasteiger partial charge in [0.1, 0.15) is 5.75 Å². The summed E-state index contributed by atoms with van der Waals surface area (Å²) in [6.45, 7) is 5.79. The summed E-state index contributed by atoms with van der Waals surface area (Å²) in [6.07, 6.45) is -1.57. The molecule has 0 saturated carbocycles. The first kappa shape index (κ1) is 23.3. The number of rotatable bonds is 6. The van der Waals surface area contributed by atoms with Gasteiger partial charge in [-0.05, 0) is 24.1 Å². The molecule has 0 bridgehead atoms. The highest BCUT2D eigenvalue weighted by Gasteiger charge is 2.31. The van der Waals surface area contributed by atoms with Crippen molar-refractivity contribution in [3.63, 3.8) is 0 Å². The van der Waals surface area contributed by atoms with Crippen molar-refractivity contribution in [2.24, 2.45) is 0 Å². The minimum atomic E-state index is -4.65. The summed E-state index contributed by atoms with van der Waals surface area (Å²) in [6, 6.07) is 6.56. The second-order valence-corrected chi connectivity index (χ2v) is 5.56. The maximum Gasteiger partial charge on any atom is 0.573 e. The second-order valence-electron chi connectivity index (χ2n) is 5.56. The molecule has 2 rings (SSSR count). The van der Waals surface area contributed by atoms with E-state index in [1.807, 2.05) is 6.07 Å². The Morgan fingerprint density at radius 1 is 1.21 bits per heavy atom. The zero-order chi connectivity index (χ0) is 16.0. The fourth-order valence-electron chi connectivity index (χ4n) is 2.87. The highest BCUT2D eigenvalue weighted by atomic mass is 35.5. The van der Waals surface area contributed by atoms with Gasteiger partial charge >= 0.3 is 6.36 Å². The lowest BCUT2D eigenvalue weighted by Gasteiger charge is -2.35. The van der Waals surface area contributed by atoms with Gasteiger partial charge in [0.15, 0.2) is 0 Å². The van der Waals surface area contributed by atoms with E-state index in [4.69, 9.17) is 0 Å². The van der Waals surface area contributed by atoms with Crippen molar-refractivity contribution in [3.8, 4) is 5.75 Å². The van der Waals surface area contributed by atoms with Crippen LogP contribution < -0.4 is 10.1 Å². The van der Waals surface area contributed by atoms with Crippen LogP contribution in [0.15, 0.2) is 24.3 Å². The van der Waals surface area contributed by atoms with E-state index in [-0.39, 0.29) is 36.6 Å². The highest BCUT2D eigenvalue weighted by molar-refractivity contribution is 5.85. The average molecular weight is 389 g/mol. The lowest BCUT2D eigenvalue weighted by molar-refractivity contribution is -0.274. The third-order valence-corrected chi connectivity index (χ3v) is 3.90. The maximum absolute atomic E-state index is 12.4. The largest absolute Gasteiger partial charge is 0.573 e. The monoisotopic (exact) mass is 388 g/mol. The molecule has 3 nitrogen and oxygen atoms in total. The van der Waals surface area contributed by atoms with Crippen LogP contribution in [0.25, 0.3) is 0 Å². The van der Waals surface area contributed by atoms with Crippen molar-refractivity contribution in [1.82, 2.24) is 10.2 Å². The van der Waals surface area contributed by atoms with Gasteiger partial charge in [-0.25, -0.2) is 0 Å². The Bertz CT molecular complexity index is 469. The van der Waals surface area contributed by atoms with Gasteiger partial charge in [-0.3, -0.25) is 4.90 Å². The van der Waals surface area contributed by atoms with Crippen molar-refractivity contribution in [2.75, 3.05) is 26.2 Å². The molecule has 1 N–H and O–H groups in total. The first-order valence-corrected chi connectivity index (χ1v) is 7.80. The van der Waals surface area contributed by atoms with E-state index in [2.05, 4.69) is 21.9 Å². The first-order valence-electron chi connectivity index (χ1n) is 7.80. The predicted molar refractivity (Wildman–Crippen MR) is 94.3 cm³/mol. The molecule has 140 valence electrons. The van der Waals surface area contributed by atoms with E-state index in [1.165, 1.54) is 12.1 Å². The Hall–Kier alpha value is -0.690. The van der Waals surface area contributed by atoms with Crippen molar-refractivity contribution >= 4 is 24.8 Å². The van der Waals surface area contributed by atoms with E-state index < -0.39 is 6.36 Å². The van der Waals surface area contributed by atoms with Crippen molar-refractivity contribution < 1.29 is 17.9 Å². The van der Waals surface area contributed by atoms with E-state index in [1.54, 1.807) is 6.07 Å². The molecule has 1 saturated heterocycles. The number of nitrogens with zero attached hydrogens (tertiary/aromatic N) is 1. The third kappa shape index (κ3) is 7.47. The molecule has 0 unspecified atom stereocenters. The predicted octanol–water partition coefficient (Wildman–Crippen LogP) is 4.57. The molecule has 1 aliphatic rings. The van der Waals surface area contributed by atoms with Crippen LogP contribution in [0, 0.1) is 0 Å². The van der Waals surface area contributed by atoms with Crippen molar-refractivity contribution in [2.45, 2.75) is 38.6 Å². The second kappa shape index (κ2) is 11.0. The minimum Gasteiger partial charge on any atom is -0.406 e. The number of hydrogen-bond acceptors (Lipinski definition) is 3. The highest BCUT2D eigenvalue weighted by Crippen LogP contribution is 2.31. The van der Waals surface area contributed by atoms with E-state index in [0.29, 0.717) is 0 Å². The summed E-state index contributed by atoms with van der Waals surface area (Å²) >= 11 is 0. The van der Waals surface area contributed by atoms with E-state index in [0.717, 1.165) is 51.0 Å². The van der Waals surface area contributed by atoms with Gasteiger partial charge in [0.05, 0.1) is 0 Å². The molecule has 0 aromatic heterocycles. The quantitative estimate of drug-likeness (QED) is 0.772. The van der Waals surface area contributed by atoms with Gasteiger partial charge in [0.25, 0.3) is 0 Å². The average Bonchev–Trinajstić information content (AvgIpc) is 2.47. The molecule has 1 aromatic carbocycles. The lowest BCUT2D eigenvalue weighted by Crippen LogP contribution is -2.45. The number of hydrogen-bond donors (Lipinski definition) is 1.